The summed E-state index contributed by atoms with van der Waals surface area (Å²) in [6.07, 6.45) is 0. The van der Waals surface area contributed by atoms with Gasteiger partial charge in [0.25, 0.3) is 0 Å². The molecule has 29 heavy (non-hydrogen) atoms. The number of Topliss-reactive ketones (excluding diaryl/α,β-unsaturated/α-hetero) is 1. The number of nitrogens with zero attached hydrogens (tertiary/aromatic N) is 2. The lowest BCUT2D eigenvalue weighted by molar-refractivity contribution is 0.102. The number of hydrogen-bond acceptors (Lipinski definition) is 4. The van der Waals surface area contributed by atoms with Gasteiger partial charge >= 0.3 is 0 Å². The molecule has 0 bridgehead atoms. The second kappa shape index (κ2) is 8.72. The van der Waals surface area contributed by atoms with E-state index >= 15 is 0 Å². The summed E-state index contributed by atoms with van der Waals surface area (Å²) in [5.74, 6) is 0.519. The minimum atomic E-state index is 0.138. The third-order valence-corrected chi connectivity index (χ3v) is 6.33. The van der Waals surface area contributed by atoms with Crippen molar-refractivity contribution in [2.75, 3.05) is 19.5 Å². The molecule has 4 nitrogen and oxygen atoms in total. The van der Waals surface area contributed by atoms with Gasteiger partial charge in [0, 0.05) is 29.4 Å². The van der Waals surface area contributed by atoms with E-state index in [0.29, 0.717) is 12.4 Å². The van der Waals surface area contributed by atoms with Crippen LogP contribution in [0.5, 0.6) is 0 Å². The molecule has 1 atom stereocenters. The fourth-order valence-electron chi connectivity index (χ4n) is 4.16. The Hall–Kier alpha value is -2.11. The van der Waals surface area contributed by atoms with E-state index in [2.05, 4.69) is 50.5 Å². The van der Waals surface area contributed by atoms with E-state index in [9.17, 15) is 4.79 Å². The zero-order valence-corrected chi connectivity index (χ0v) is 19.2. The topological polar surface area (TPSA) is 44.1 Å². The Balaban J connectivity index is 1.82. The maximum absolute atomic E-state index is 13.0. The van der Waals surface area contributed by atoms with Crippen LogP contribution in [0.4, 0.5) is 0 Å². The van der Waals surface area contributed by atoms with Gasteiger partial charge in [0.2, 0.25) is 0 Å². The third-order valence-electron chi connectivity index (χ3n) is 5.42. The van der Waals surface area contributed by atoms with E-state index in [1.165, 1.54) is 33.8 Å². The number of ketones is 1. The normalized spacial score (nSPS) is 12.5. The number of ether oxygens (including phenoxy) is 1. The van der Waals surface area contributed by atoms with Crippen molar-refractivity contribution in [3.8, 4) is 0 Å². The van der Waals surface area contributed by atoms with Gasteiger partial charge < -0.3 is 9.30 Å². The average molecular weight is 411 g/mol. The van der Waals surface area contributed by atoms with Crippen LogP contribution in [0.25, 0.3) is 10.9 Å². The van der Waals surface area contributed by atoms with Crippen LogP contribution in [0, 0.1) is 34.6 Å². The van der Waals surface area contributed by atoms with E-state index in [4.69, 9.17) is 9.72 Å². The van der Waals surface area contributed by atoms with Crippen molar-refractivity contribution in [3.63, 3.8) is 0 Å². The first kappa shape index (κ1) is 21.6. The summed E-state index contributed by atoms with van der Waals surface area (Å²) in [5.41, 5.74) is 7.53. The zero-order chi connectivity index (χ0) is 21.3. The fraction of sp³-hybridized carbons (Fsp3) is 0.417. The highest BCUT2D eigenvalue weighted by Gasteiger charge is 2.19. The van der Waals surface area contributed by atoms with Gasteiger partial charge in [-0.05, 0) is 70.9 Å². The second-order valence-corrected chi connectivity index (χ2v) is 8.92. The molecule has 0 saturated carbocycles. The molecule has 154 valence electrons. The van der Waals surface area contributed by atoms with Crippen LogP contribution in [0.15, 0.2) is 29.3 Å². The highest BCUT2D eigenvalue weighted by atomic mass is 32.2. The highest BCUT2D eigenvalue weighted by Crippen LogP contribution is 2.28. The minimum absolute atomic E-state index is 0.138. The van der Waals surface area contributed by atoms with Crippen molar-refractivity contribution >= 4 is 28.4 Å². The molecule has 0 saturated heterocycles. The molecule has 0 radical (unpaired) electrons. The smallest absolute Gasteiger partial charge is 0.174 e. The number of fused-ring (bicyclic) bond motifs is 1. The van der Waals surface area contributed by atoms with Gasteiger partial charge in [0.1, 0.15) is 0 Å². The molecule has 3 rings (SSSR count). The summed E-state index contributed by atoms with van der Waals surface area (Å²) in [5, 5.41) is 2.09. The van der Waals surface area contributed by atoms with E-state index < -0.39 is 0 Å². The Morgan fingerprint density at radius 1 is 1.10 bits per heavy atom. The zero-order valence-electron chi connectivity index (χ0n) is 18.4. The van der Waals surface area contributed by atoms with Gasteiger partial charge in [-0.25, -0.2) is 4.98 Å². The van der Waals surface area contributed by atoms with E-state index in [-0.39, 0.29) is 11.8 Å². The lowest BCUT2D eigenvalue weighted by Gasteiger charge is -2.17. The summed E-state index contributed by atoms with van der Waals surface area (Å²) in [6, 6.07) is 8.62. The van der Waals surface area contributed by atoms with Gasteiger partial charge in [0.05, 0.1) is 28.9 Å². The summed E-state index contributed by atoms with van der Waals surface area (Å²) in [4.78, 5) is 17.8. The largest absolute Gasteiger partial charge is 0.383 e. The Morgan fingerprint density at radius 2 is 1.83 bits per heavy atom. The maximum atomic E-state index is 13.0. The number of hydrogen-bond donors (Lipinski definition) is 0. The molecule has 2 aromatic heterocycles. The van der Waals surface area contributed by atoms with Gasteiger partial charge in [0.15, 0.2) is 5.78 Å². The SMILES string of the molecule is COCC(C)n1c(C)cc(C(=O)CSc2cc(C)c3cc(C)cc(C)c3n2)c1C. The summed E-state index contributed by atoms with van der Waals surface area (Å²) in [7, 11) is 1.70. The highest BCUT2D eigenvalue weighted by molar-refractivity contribution is 7.99. The first-order valence-corrected chi connectivity index (χ1v) is 10.9. The number of thioether (sulfide) groups is 1. The predicted molar refractivity (Wildman–Crippen MR) is 122 cm³/mol. The Bertz CT molecular complexity index is 1070. The molecule has 1 unspecified atom stereocenters. The average Bonchev–Trinajstić information content (AvgIpc) is 2.95. The van der Waals surface area contributed by atoms with Crippen molar-refractivity contribution < 1.29 is 9.53 Å². The second-order valence-electron chi connectivity index (χ2n) is 7.93. The molecule has 0 fully saturated rings. The minimum Gasteiger partial charge on any atom is -0.383 e. The molecule has 0 spiro atoms. The van der Waals surface area contributed by atoms with Crippen LogP contribution < -0.4 is 0 Å². The van der Waals surface area contributed by atoms with Crippen molar-refractivity contribution in [1.82, 2.24) is 9.55 Å². The summed E-state index contributed by atoms with van der Waals surface area (Å²) < 4.78 is 7.47. The van der Waals surface area contributed by atoms with E-state index in [1.54, 1.807) is 7.11 Å². The number of rotatable bonds is 7. The predicted octanol–water partition coefficient (Wildman–Crippen LogP) is 5.76. The van der Waals surface area contributed by atoms with Crippen molar-refractivity contribution in [2.24, 2.45) is 0 Å². The number of pyridine rings is 1. The van der Waals surface area contributed by atoms with E-state index in [1.807, 2.05) is 19.9 Å². The third kappa shape index (κ3) is 4.41. The monoisotopic (exact) mass is 410 g/mol. The molecule has 0 aliphatic carbocycles. The van der Waals surface area contributed by atoms with Gasteiger partial charge in [-0.1, -0.05) is 23.4 Å². The molecular weight excluding hydrogens is 380 g/mol. The Morgan fingerprint density at radius 3 is 2.52 bits per heavy atom. The van der Waals surface area contributed by atoms with Crippen LogP contribution in [0.2, 0.25) is 0 Å². The van der Waals surface area contributed by atoms with Crippen molar-refractivity contribution in [1.29, 1.82) is 0 Å². The molecule has 0 aliphatic rings. The lowest BCUT2D eigenvalue weighted by Crippen LogP contribution is -2.14. The van der Waals surface area contributed by atoms with Gasteiger partial charge in [-0.3, -0.25) is 4.79 Å². The van der Waals surface area contributed by atoms with E-state index in [0.717, 1.165) is 27.5 Å². The Labute approximate surface area is 177 Å². The molecule has 1 aromatic carbocycles. The Kier molecular flexibility index (Phi) is 6.49. The molecule has 0 N–H and O–H groups in total. The van der Waals surface area contributed by atoms with Crippen LogP contribution in [0.1, 0.15) is 51.4 Å². The van der Waals surface area contributed by atoms with Crippen LogP contribution in [-0.2, 0) is 4.74 Å². The van der Waals surface area contributed by atoms with Crippen molar-refractivity contribution in [3.05, 3.63) is 57.9 Å². The molecule has 0 aliphatic heterocycles. The van der Waals surface area contributed by atoms with Crippen LogP contribution in [0.3, 0.4) is 0 Å². The first-order valence-electron chi connectivity index (χ1n) is 9.95. The van der Waals surface area contributed by atoms with Gasteiger partial charge in [-0.15, -0.1) is 0 Å². The molecule has 5 heteroatoms. The fourth-order valence-corrected chi connectivity index (χ4v) is 5.01. The summed E-state index contributed by atoms with van der Waals surface area (Å²) >= 11 is 1.51. The number of methoxy groups -OCH3 is 1. The molecule has 3 aromatic rings. The lowest BCUT2D eigenvalue weighted by atomic mass is 10.0. The van der Waals surface area contributed by atoms with Gasteiger partial charge in [-0.2, -0.15) is 0 Å². The van der Waals surface area contributed by atoms with Crippen molar-refractivity contribution in [2.45, 2.75) is 52.6 Å². The number of aromatic nitrogens is 2. The van der Waals surface area contributed by atoms with Crippen LogP contribution in [-0.4, -0.2) is 34.8 Å². The maximum Gasteiger partial charge on any atom is 0.174 e. The quantitative estimate of drug-likeness (QED) is 0.367. The molecular formula is C24H30N2O2S. The number of aryl methyl sites for hydroxylation is 4. The molecule has 0 amide bonds. The number of carbonyl (C=O) groups excluding carboxylic acids is 1. The standard InChI is InChI=1S/C24H30N2O2S/c1-14-8-16(3)24-20(9-14)15(2)10-23(25-24)29-13-22(27)21-11-17(4)26(19(21)6)18(5)12-28-7/h8-11,18H,12-13H2,1-7H3. The number of benzene rings is 1. The number of carbonyl (C=O) groups is 1. The molecule has 2 heterocycles. The first-order chi connectivity index (χ1) is 13.7. The van der Waals surface area contributed by atoms with Crippen LogP contribution >= 0.6 is 11.8 Å². The summed E-state index contributed by atoms with van der Waals surface area (Å²) in [6.45, 7) is 13.1.